The molecular formula is C14H13Br2N3O3S. The Bertz CT molecular complexity index is 772. The van der Waals surface area contributed by atoms with Crippen LogP contribution in [0.3, 0.4) is 0 Å². The quantitative estimate of drug-likeness (QED) is 0.525. The Balaban J connectivity index is 2.04. The first-order valence-electron chi connectivity index (χ1n) is 6.42. The van der Waals surface area contributed by atoms with E-state index in [4.69, 9.17) is 4.74 Å². The summed E-state index contributed by atoms with van der Waals surface area (Å²) in [6.45, 7) is 1.73. The number of aromatic amines is 1. The molecule has 0 aliphatic carbocycles. The molecule has 122 valence electrons. The summed E-state index contributed by atoms with van der Waals surface area (Å²) in [4.78, 5) is 30.2. The highest BCUT2D eigenvalue weighted by atomic mass is 79.9. The second-order valence-corrected chi connectivity index (χ2v) is 7.17. The van der Waals surface area contributed by atoms with Crippen LogP contribution in [0.1, 0.15) is 5.69 Å². The van der Waals surface area contributed by atoms with E-state index in [1.54, 1.807) is 26.2 Å². The Labute approximate surface area is 153 Å². The van der Waals surface area contributed by atoms with Gasteiger partial charge in [-0.15, -0.1) is 0 Å². The Morgan fingerprint density at radius 1 is 1.35 bits per heavy atom. The lowest BCUT2D eigenvalue weighted by atomic mass is 10.3. The molecule has 0 unspecified atom stereocenters. The van der Waals surface area contributed by atoms with Gasteiger partial charge in [0, 0.05) is 20.7 Å². The minimum atomic E-state index is -0.235. The number of hydrogen-bond donors (Lipinski definition) is 2. The molecule has 2 aromatic rings. The number of ether oxygens (including phenoxy) is 1. The van der Waals surface area contributed by atoms with Gasteiger partial charge in [-0.3, -0.25) is 9.59 Å². The molecule has 23 heavy (non-hydrogen) atoms. The number of hydrogen-bond acceptors (Lipinski definition) is 5. The normalized spacial score (nSPS) is 10.4. The number of nitrogens with zero attached hydrogens (tertiary/aromatic N) is 1. The lowest BCUT2D eigenvalue weighted by Gasteiger charge is -2.11. The lowest BCUT2D eigenvalue weighted by molar-refractivity contribution is -0.113. The zero-order valence-corrected chi connectivity index (χ0v) is 16.3. The van der Waals surface area contributed by atoms with Crippen LogP contribution in [0.15, 0.2) is 37.1 Å². The maximum atomic E-state index is 12.1. The van der Waals surface area contributed by atoms with Gasteiger partial charge in [-0.2, -0.15) is 0 Å². The maximum absolute atomic E-state index is 12.1. The largest absolute Gasteiger partial charge is 0.497 e. The highest BCUT2D eigenvalue weighted by Gasteiger charge is 2.12. The highest BCUT2D eigenvalue weighted by Crippen LogP contribution is 2.35. The summed E-state index contributed by atoms with van der Waals surface area (Å²) >= 11 is 7.94. The van der Waals surface area contributed by atoms with Gasteiger partial charge in [0.2, 0.25) is 5.91 Å². The van der Waals surface area contributed by atoms with Crippen molar-refractivity contribution in [2.24, 2.45) is 0 Å². The summed E-state index contributed by atoms with van der Waals surface area (Å²) < 4.78 is 6.54. The molecule has 0 saturated heterocycles. The second kappa shape index (κ2) is 7.98. The van der Waals surface area contributed by atoms with Crippen molar-refractivity contribution in [3.63, 3.8) is 0 Å². The lowest BCUT2D eigenvalue weighted by Crippen LogP contribution is -2.16. The van der Waals surface area contributed by atoms with Crippen LogP contribution in [0.2, 0.25) is 0 Å². The zero-order chi connectivity index (χ0) is 17.0. The summed E-state index contributed by atoms with van der Waals surface area (Å²) in [5.74, 6) is 0.570. The van der Waals surface area contributed by atoms with Gasteiger partial charge < -0.3 is 15.0 Å². The fourth-order valence-corrected chi connectivity index (χ4v) is 3.78. The summed E-state index contributed by atoms with van der Waals surface area (Å²) in [5.41, 5.74) is 0.987. The van der Waals surface area contributed by atoms with Crippen molar-refractivity contribution in [3.05, 3.63) is 43.2 Å². The van der Waals surface area contributed by atoms with Gasteiger partial charge in [0.1, 0.15) is 5.75 Å². The number of aryl methyl sites for hydroxylation is 1. The third kappa shape index (κ3) is 5.08. The minimum absolute atomic E-state index is 0.122. The zero-order valence-electron chi connectivity index (χ0n) is 12.3. The summed E-state index contributed by atoms with van der Waals surface area (Å²) in [6, 6.07) is 4.91. The maximum Gasteiger partial charge on any atom is 0.251 e. The van der Waals surface area contributed by atoms with E-state index in [0.717, 1.165) is 11.8 Å². The van der Waals surface area contributed by atoms with E-state index in [1.165, 1.54) is 6.07 Å². The van der Waals surface area contributed by atoms with Gasteiger partial charge in [-0.25, -0.2) is 4.98 Å². The highest BCUT2D eigenvalue weighted by molar-refractivity contribution is 9.11. The van der Waals surface area contributed by atoms with Crippen LogP contribution in [-0.4, -0.2) is 28.7 Å². The Kier molecular flexibility index (Phi) is 6.25. The number of thioether (sulfide) groups is 1. The van der Waals surface area contributed by atoms with Crippen LogP contribution in [0.4, 0.5) is 5.69 Å². The number of amides is 1. The van der Waals surface area contributed by atoms with Crippen LogP contribution in [0.5, 0.6) is 5.75 Å². The standard InChI is InChI=1S/C14H13Br2N3O3S/c1-7-3-11(20)19-14(17-7)23-6-12(21)18-13-9(15)4-8(22-2)5-10(13)16/h3-5H,6H2,1-2H3,(H,18,21)(H,17,19,20). The Hall–Kier alpha value is -1.32. The number of aromatic nitrogens is 2. The molecule has 9 heteroatoms. The van der Waals surface area contributed by atoms with Gasteiger partial charge in [0.05, 0.1) is 18.6 Å². The number of H-pyrrole nitrogens is 1. The summed E-state index contributed by atoms with van der Waals surface area (Å²) in [5, 5.41) is 3.22. The van der Waals surface area contributed by atoms with Gasteiger partial charge in [0.15, 0.2) is 5.16 Å². The van der Waals surface area contributed by atoms with Crippen molar-refractivity contribution in [1.29, 1.82) is 0 Å². The predicted octanol–water partition coefficient (Wildman–Crippen LogP) is 3.34. The van der Waals surface area contributed by atoms with Gasteiger partial charge in [-0.1, -0.05) is 11.8 Å². The fourth-order valence-electron chi connectivity index (χ4n) is 1.72. The molecule has 0 aliphatic rings. The first-order valence-corrected chi connectivity index (χ1v) is 9.00. The van der Waals surface area contributed by atoms with Crippen molar-refractivity contribution < 1.29 is 9.53 Å². The van der Waals surface area contributed by atoms with Crippen LogP contribution in [0, 0.1) is 6.92 Å². The summed E-state index contributed by atoms with van der Waals surface area (Å²) in [6.07, 6.45) is 0. The second-order valence-electron chi connectivity index (χ2n) is 4.49. The van der Waals surface area contributed by atoms with Crippen molar-refractivity contribution in [1.82, 2.24) is 9.97 Å². The Morgan fingerprint density at radius 3 is 2.57 bits per heavy atom. The summed E-state index contributed by atoms with van der Waals surface area (Å²) in [7, 11) is 1.57. The van der Waals surface area contributed by atoms with Crippen molar-refractivity contribution in [2.75, 3.05) is 18.2 Å². The molecule has 0 saturated carbocycles. The number of carbonyl (C=O) groups is 1. The van der Waals surface area contributed by atoms with Crippen LogP contribution < -0.4 is 15.6 Å². The van der Waals surface area contributed by atoms with Gasteiger partial charge in [0.25, 0.3) is 5.56 Å². The van der Waals surface area contributed by atoms with Crippen LogP contribution in [0.25, 0.3) is 0 Å². The molecule has 0 spiro atoms. The number of rotatable bonds is 5. The van der Waals surface area contributed by atoms with Crippen molar-refractivity contribution >= 4 is 55.2 Å². The fraction of sp³-hybridized carbons (Fsp3) is 0.214. The predicted molar refractivity (Wildman–Crippen MR) is 97.3 cm³/mol. The molecular weight excluding hydrogens is 450 g/mol. The number of benzene rings is 1. The third-order valence-electron chi connectivity index (χ3n) is 2.70. The van der Waals surface area contributed by atoms with Crippen molar-refractivity contribution in [3.8, 4) is 5.75 Å². The molecule has 0 fully saturated rings. The topological polar surface area (TPSA) is 84.1 Å². The smallest absolute Gasteiger partial charge is 0.251 e. The molecule has 2 rings (SSSR count). The molecule has 1 aromatic carbocycles. The SMILES string of the molecule is COc1cc(Br)c(NC(=O)CSc2nc(C)cc(=O)[nH]2)c(Br)c1. The number of halogens is 2. The van der Waals surface area contributed by atoms with E-state index >= 15 is 0 Å². The number of methoxy groups -OCH3 is 1. The number of nitrogens with one attached hydrogen (secondary N) is 2. The van der Waals surface area contributed by atoms with Crippen molar-refractivity contribution in [2.45, 2.75) is 12.1 Å². The first-order chi connectivity index (χ1) is 10.9. The van der Waals surface area contributed by atoms with E-state index in [1.807, 2.05) is 0 Å². The van der Waals surface area contributed by atoms with Crippen LogP contribution >= 0.6 is 43.6 Å². The average Bonchev–Trinajstić information content (AvgIpc) is 2.47. The molecule has 0 aliphatic heterocycles. The molecule has 0 atom stereocenters. The number of carbonyl (C=O) groups excluding carboxylic acids is 1. The van der Waals surface area contributed by atoms with E-state index in [-0.39, 0.29) is 17.2 Å². The molecule has 1 amide bonds. The minimum Gasteiger partial charge on any atom is -0.497 e. The molecule has 0 radical (unpaired) electrons. The molecule has 1 aromatic heterocycles. The van der Waals surface area contributed by atoms with E-state index in [0.29, 0.717) is 31.2 Å². The molecule has 1 heterocycles. The van der Waals surface area contributed by atoms with Gasteiger partial charge in [-0.05, 0) is 50.9 Å². The number of anilines is 1. The van der Waals surface area contributed by atoms with E-state index < -0.39 is 0 Å². The monoisotopic (exact) mass is 461 g/mol. The third-order valence-corrected chi connectivity index (χ3v) is 4.83. The van der Waals surface area contributed by atoms with E-state index in [9.17, 15) is 9.59 Å². The molecule has 6 nitrogen and oxygen atoms in total. The van der Waals surface area contributed by atoms with E-state index in [2.05, 4.69) is 47.1 Å². The molecule has 0 bridgehead atoms. The first kappa shape index (κ1) is 18.0. The average molecular weight is 463 g/mol. The van der Waals surface area contributed by atoms with Gasteiger partial charge >= 0.3 is 0 Å². The Morgan fingerprint density at radius 2 is 2.00 bits per heavy atom. The molecule has 2 N–H and O–H groups in total. The van der Waals surface area contributed by atoms with Crippen LogP contribution in [-0.2, 0) is 4.79 Å².